The number of ether oxygens (including phenoxy) is 1. The summed E-state index contributed by atoms with van der Waals surface area (Å²) in [6.07, 6.45) is 2.07. The molecule has 0 N–H and O–H groups in total. The molecule has 0 amide bonds. The third kappa shape index (κ3) is 5.41. The van der Waals surface area contributed by atoms with Crippen LogP contribution in [0.15, 0.2) is 69.0 Å². The average molecular weight is 566 g/mol. The van der Waals surface area contributed by atoms with Crippen LogP contribution in [-0.2, 0) is 13.0 Å². The summed E-state index contributed by atoms with van der Waals surface area (Å²) in [4.78, 5) is 17.7. The summed E-state index contributed by atoms with van der Waals surface area (Å²) in [5.41, 5.74) is 1.76. The second kappa shape index (κ2) is 10.3. The molecule has 0 unspecified atom stereocenters. The molecule has 0 saturated heterocycles. The van der Waals surface area contributed by atoms with Crippen LogP contribution in [0.25, 0.3) is 10.9 Å². The Hall–Kier alpha value is -2.38. The number of rotatable bonds is 6. The van der Waals surface area contributed by atoms with Crippen LogP contribution in [0.3, 0.4) is 0 Å². The van der Waals surface area contributed by atoms with Crippen molar-refractivity contribution in [1.82, 2.24) is 9.66 Å². The first-order valence-corrected chi connectivity index (χ1v) is 11.9. The van der Waals surface area contributed by atoms with Crippen LogP contribution >= 0.6 is 50.7 Å². The van der Waals surface area contributed by atoms with Crippen LogP contribution in [0.5, 0.6) is 5.75 Å². The minimum Gasteiger partial charge on any atom is -0.488 e. The van der Waals surface area contributed by atoms with Crippen LogP contribution in [0.4, 0.5) is 0 Å². The molecule has 168 valence electrons. The Bertz CT molecular complexity index is 1440. The maximum absolute atomic E-state index is 13.1. The van der Waals surface area contributed by atoms with Gasteiger partial charge < -0.3 is 4.74 Å². The van der Waals surface area contributed by atoms with Gasteiger partial charge in [-0.05, 0) is 48.5 Å². The molecule has 0 aliphatic heterocycles. The van der Waals surface area contributed by atoms with Gasteiger partial charge in [-0.1, -0.05) is 63.7 Å². The fourth-order valence-corrected chi connectivity index (χ4v) is 4.21. The van der Waals surface area contributed by atoms with Gasteiger partial charge in [-0.2, -0.15) is 9.78 Å². The zero-order valence-corrected chi connectivity index (χ0v) is 21.2. The van der Waals surface area contributed by atoms with Gasteiger partial charge in [0.2, 0.25) is 0 Å². The van der Waals surface area contributed by atoms with Crippen molar-refractivity contribution in [3.05, 3.63) is 101 Å². The lowest BCUT2D eigenvalue weighted by molar-refractivity contribution is 0.306. The summed E-state index contributed by atoms with van der Waals surface area (Å²) < 4.78 is 8.07. The van der Waals surface area contributed by atoms with Crippen molar-refractivity contribution < 1.29 is 4.74 Å². The summed E-state index contributed by atoms with van der Waals surface area (Å²) in [7, 11) is 0. The van der Waals surface area contributed by atoms with Gasteiger partial charge in [0, 0.05) is 37.1 Å². The first kappa shape index (κ1) is 23.8. The smallest absolute Gasteiger partial charge is 0.282 e. The maximum atomic E-state index is 13.1. The summed E-state index contributed by atoms with van der Waals surface area (Å²) in [5, 5.41) is 6.48. The summed E-state index contributed by atoms with van der Waals surface area (Å²) in [5.74, 6) is 1.08. The molecule has 0 aliphatic rings. The number of halogens is 4. The Balaban J connectivity index is 1.70. The Morgan fingerprint density at radius 2 is 1.82 bits per heavy atom. The fraction of sp³-hybridized carbons (Fsp3) is 0.125. The molecule has 0 radical (unpaired) electrons. The highest BCUT2D eigenvalue weighted by Gasteiger charge is 2.11. The van der Waals surface area contributed by atoms with Gasteiger partial charge in [0.05, 0.1) is 17.1 Å². The van der Waals surface area contributed by atoms with Gasteiger partial charge in [-0.3, -0.25) is 4.79 Å². The maximum Gasteiger partial charge on any atom is 0.282 e. The van der Waals surface area contributed by atoms with Crippen molar-refractivity contribution in [3.8, 4) is 5.75 Å². The molecule has 3 aromatic carbocycles. The van der Waals surface area contributed by atoms with E-state index in [9.17, 15) is 4.79 Å². The molecule has 1 aromatic heterocycles. The van der Waals surface area contributed by atoms with Crippen LogP contribution < -0.4 is 10.3 Å². The Morgan fingerprint density at radius 3 is 2.58 bits per heavy atom. The molecule has 4 rings (SSSR count). The molecule has 0 aliphatic carbocycles. The third-order valence-electron chi connectivity index (χ3n) is 4.87. The van der Waals surface area contributed by atoms with E-state index in [0.717, 1.165) is 10.0 Å². The molecule has 0 spiro atoms. The Morgan fingerprint density at radius 1 is 1.06 bits per heavy atom. The Labute approximate surface area is 213 Å². The van der Waals surface area contributed by atoms with Crippen molar-refractivity contribution in [3.63, 3.8) is 0 Å². The quantitative estimate of drug-likeness (QED) is 0.234. The first-order chi connectivity index (χ1) is 15.9. The molecular weight excluding hydrogens is 549 g/mol. The molecule has 0 bridgehead atoms. The van der Waals surface area contributed by atoms with Gasteiger partial charge in [0.15, 0.2) is 0 Å². The molecule has 0 saturated carbocycles. The van der Waals surface area contributed by atoms with Crippen molar-refractivity contribution >= 4 is 67.9 Å². The van der Waals surface area contributed by atoms with Crippen LogP contribution in [0.1, 0.15) is 23.9 Å². The highest BCUT2D eigenvalue weighted by Crippen LogP contribution is 2.26. The van der Waals surface area contributed by atoms with E-state index in [0.29, 0.717) is 49.5 Å². The lowest BCUT2D eigenvalue weighted by Crippen LogP contribution is -2.22. The monoisotopic (exact) mass is 563 g/mol. The predicted molar refractivity (Wildman–Crippen MR) is 138 cm³/mol. The van der Waals surface area contributed by atoms with Crippen molar-refractivity contribution in [1.29, 1.82) is 0 Å². The molecule has 1 heterocycles. The molecule has 5 nitrogen and oxygen atoms in total. The van der Waals surface area contributed by atoms with E-state index < -0.39 is 0 Å². The second-order valence-electron chi connectivity index (χ2n) is 7.11. The standard InChI is InChI=1S/C24H17BrCl3N3O2/c1-2-23-30-21-7-4-16(25)10-19(21)24(32)31(23)29-12-15-9-17(26)6-8-22(15)33-13-14-3-5-18(27)11-20(14)28/h3-12H,2,13H2,1H3. The van der Waals surface area contributed by atoms with E-state index in [1.807, 2.05) is 13.0 Å². The molecule has 9 heteroatoms. The lowest BCUT2D eigenvalue weighted by Gasteiger charge is -2.11. The van der Waals surface area contributed by atoms with E-state index >= 15 is 0 Å². The number of fused-ring (bicyclic) bond motifs is 1. The van der Waals surface area contributed by atoms with Crippen molar-refractivity contribution in [2.24, 2.45) is 5.10 Å². The number of nitrogens with zero attached hydrogens (tertiary/aromatic N) is 3. The highest BCUT2D eigenvalue weighted by atomic mass is 79.9. The summed E-state index contributed by atoms with van der Waals surface area (Å²) >= 11 is 21.8. The highest BCUT2D eigenvalue weighted by molar-refractivity contribution is 9.10. The van der Waals surface area contributed by atoms with E-state index in [2.05, 4.69) is 26.0 Å². The number of aromatic nitrogens is 2. The van der Waals surface area contributed by atoms with Gasteiger partial charge in [0.1, 0.15) is 18.2 Å². The molecule has 33 heavy (non-hydrogen) atoms. The summed E-state index contributed by atoms with van der Waals surface area (Å²) in [6.45, 7) is 2.15. The van der Waals surface area contributed by atoms with Crippen LogP contribution in [0, 0.1) is 0 Å². The first-order valence-electron chi connectivity index (χ1n) is 9.97. The van der Waals surface area contributed by atoms with Crippen molar-refractivity contribution in [2.75, 3.05) is 0 Å². The SMILES string of the molecule is CCc1nc2ccc(Br)cc2c(=O)n1N=Cc1cc(Cl)ccc1OCc1ccc(Cl)cc1Cl. The van der Waals surface area contributed by atoms with Gasteiger partial charge >= 0.3 is 0 Å². The average Bonchev–Trinajstić information content (AvgIpc) is 2.79. The predicted octanol–water partition coefficient (Wildman–Crippen LogP) is 7.14. The van der Waals surface area contributed by atoms with E-state index in [1.165, 1.54) is 10.9 Å². The number of hydrogen-bond donors (Lipinski definition) is 0. The van der Waals surface area contributed by atoms with Crippen LogP contribution in [-0.4, -0.2) is 15.9 Å². The normalized spacial score (nSPS) is 11.4. The molecule has 0 atom stereocenters. The number of aryl methyl sites for hydroxylation is 1. The zero-order valence-electron chi connectivity index (χ0n) is 17.4. The van der Waals surface area contributed by atoms with E-state index in [-0.39, 0.29) is 12.2 Å². The number of benzene rings is 3. The number of hydrogen-bond acceptors (Lipinski definition) is 4. The van der Waals surface area contributed by atoms with Gasteiger partial charge in [-0.25, -0.2) is 4.98 Å². The van der Waals surface area contributed by atoms with Gasteiger partial charge in [-0.15, -0.1) is 0 Å². The topological polar surface area (TPSA) is 56.5 Å². The fourth-order valence-electron chi connectivity index (χ4n) is 3.21. The molecular formula is C24H17BrCl3N3O2. The van der Waals surface area contributed by atoms with Gasteiger partial charge in [0.25, 0.3) is 5.56 Å². The third-order valence-corrected chi connectivity index (χ3v) is 6.19. The lowest BCUT2D eigenvalue weighted by atomic mass is 10.2. The second-order valence-corrected chi connectivity index (χ2v) is 9.31. The van der Waals surface area contributed by atoms with Crippen molar-refractivity contribution in [2.45, 2.75) is 20.0 Å². The largest absolute Gasteiger partial charge is 0.488 e. The minimum atomic E-state index is -0.258. The van der Waals surface area contributed by atoms with Crippen LogP contribution in [0.2, 0.25) is 15.1 Å². The summed E-state index contributed by atoms with van der Waals surface area (Å²) in [6, 6.07) is 15.8. The minimum absolute atomic E-state index is 0.226. The molecule has 4 aromatic rings. The molecule has 0 fully saturated rings. The Kier molecular flexibility index (Phi) is 7.39. The van der Waals surface area contributed by atoms with E-state index in [4.69, 9.17) is 39.5 Å². The van der Waals surface area contributed by atoms with E-state index in [1.54, 1.807) is 48.5 Å². The zero-order chi connectivity index (χ0) is 23.5.